The molecule has 2 aliphatic rings. The summed E-state index contributed by atoms with van der Waals surface area (Å²) in [7, 11) is 0. The summed E-state index contributed by atoms with van der Waals surface area (Å²) in [4.78, 5) is 23.7. The zero-order chi connectivity index (χ0) is 12.2. The molecule has 2 rings (SSSR count). The molecule has 0 unspecified atom stereocenters. The Labute approximate surface area is 126 Å². The summed E-state index contributed by atoms with van der Waals surface area (Å²) in [5.41, 5.74) is -0.791. The van der Waals surface area contributed by atoms with Crippen LogP contribution in [0.3, 0.4) is 0 Å². The lowest BCUT2D eigenvalue weighted by molar-refractivity contribution is 0.145. The molecule has 6 nitrogen and oxygen atoms in total. The monoisotopic (exact) mass is 482 g/mol. The highest BCUT2D eigenvalue weighted by atomic mass is 79.9. The number of nitrogens with zero attached hydrogens (tertiary/aromatic N) is 4. The summed E-state index contributed by atoms with van der Waals surface area (Å²) in [6, 6.07) is -0.540. The molecule has 0 bridgehead atoms. The first-order valence-corrected chi connectivity index (χ1v) is 7.13. The number of halogens is 4. The van der Waals surface area contributed by atoms with Gasteiger partial charge in [0.25, 0.3) is 0 Å². The van der Waals surface area contributed by atoms with Gasteiger partial charge >= 0.3 is 12.1 Å². The van der Waals surface area contributed by atoms with Crippen molar-refractivity contribution in [3.8, 4) is 0 Å². The summed E-state index contributed by atoms with van der Waals surface area (Å²) in [6.07, 6.45) is 0.104. The van der Waals surface area contributed by atoms with E-state index in [1.165, 1.54) is 15.7 Å². The van der Waals surface area contributed by atoms with E-state index in [-0.39, 0.29) is 12.1 Å². The minimum atomic E-state index is -0.791. The van der Waals surface area contributed by atoms with E-state index in [0.717, 1.165) is 0 Å². The summed E-state index contributed by atoms with van der Waals surface area (Å²) >= 11 is 12.7. The number of hydrogen-bond acceptors (Lipinski definition) is 2. The molecule has 90 valence electrons. The lowest BCUT2D eigenvalue weighted by Gasteiger charge is -2.34. The number of rotatable bonds is 1. The highest BCUT2D eigenvalue weighted by Gasteiger charge is 2.68. The van der Waals surface area contributed by atoms with Crippen molar-refractivity contribution in [2.24, 2.45) is 0 Å². The summed E-state index contributed by atoms with van der Waals surface area (Å²) in [5, 5.41) is 0. The van der Waals surface area contributed by atoms with Gasteiger partial charge in [0.2, 0.25) is 0 Å². The smallest absolute Gasteiger partial charge is 0.246 e. The molecule has 0 aromatic heterocycles. The Hall–Kier alpha value is 0.460. The first-order chi connectivity index (χ1) is 7.39. The largest absolute Gasteiger partial charge is 0.344 e. The molecule has 2 heterocycles. The van der Waals surface area contributed by atoms with Crippen LogP contribution in [-0.2, 0) is 0 Å². The Morgan fingerprint density at radius 2 is 1.44 bits per heavy atom. The lowest BCUT2D eigenvalue weighted by Crippen LogP contribution is -2.52. The molecule has 0 aromatic carbocycles. The predicted molar refractivity (Wildman–Crippen MR) is 70.7 cm³/mol. The van der Waals surface area contributed by atoms with Crippen molar-refractivity contribution in [2.45, 2.75) is 25.2 Å². The molecule has 0 saturated carbocycles. The van der Waals surface area contributed by atoms with E-state index in [9.17, 15) is 9.59 Å². The van der Waals surface area contributed by atoms with Crippen molar-refractivity contribution in [1.29, 1.82) is 0 Å². The average Bonchev–Trinajstić information content (AvgIpc) is 2.59. The third kappa shape index (κ3) is 1.27. The molecular weight excluding hydrogens is 480 g/mol. The van der Waals surface area contributed by atoms with Gasteiger partial charge in [0.05, 0.1) is 64.6 Å². The minimum absolute atomic E-state index is 0.270. The SMILES string of the molecule is CCC12C(N(Br)C(=O)N1Br)N(Br)C(=O)N2Br. The maximum atomic E-state index is 11.8. The third-order valence-corrected chi connectivity index (χ3v) is 5.96. The van der Waals surface area contributed by atoms with E-state index in [1.54, 1.807) is 0 Å². The van der Waals surface area contributed by atoms with E-state index in [1.807, 2.05) is 6.92 Å². The molecule has 0 aliphatic carbocycles. The van der Waals surface area contributed by atoms with Gasteiger partial charge in [-0.05, 0) is 6.42 Å². The Balaban J connectivity index is 2.56. The van der Waals surface area contributed by atoms with E-state index < -0.39 is 11.8 Å². The number of fused-ring (bicyclic) bond motifs is 1. The van der Waals surface area contributed by atoms with Crippen LogP contribution in [0.5, 0.6) is 0 Å². The van der Waals surface area contributed by atoms with Gasteiger partial charge in [-0.15, -0.1) is 0 Å². The van der Waals surface area contributed by atoms with Gasteiger partial charge in [-0.2, -0.15) is 0 Å². The van der Waals surface area contributed by atoms with Gasteiger partial charge in [-0.1, -0.05) is 6.92 Å². The second-order valence-corrected chi connectivity index (χ2v) is 6.30. The predicted octanol–water partition coefficient (Wildman–Crippen LogP) is 3.13. The number of hydrogen-bond donors (Lipinski definition) is 0. The zero-order valence-electron chi connectivity index (χ0n) is 7.90. The second kappa shape index (κ2) is 3.99. The lowest BCUT2D eigenvalue weighted by atomic mass is 10.1. The van der Waals surface area contributed by atoms with Crippen LogP contribution in [0.2, 0.25) is 0 Å². The van der Waals surface area contributed by atoms with Gasteiger partial charge in [0, 0.05) is 0 Å². The van der Waals surface area contributed by atoms with Crippen LogP contribution in [-0.4, -0.2) is 39.6 Å². The fourth-order valence-corrected chi connectivity index (χ4v) is 5.65. The maximum Gasteiger partial charge on any atom is 0.344 e. The molecule has 10 heteroatoms. The van der Waals surface area contributed by atoms with Crippen molar-refractivity contribution in [2.75, 3.05) is 0 Å². The van der Waals surface area contributed by atoms with Crippen molar-refractivity contribution < 1.29 is 9.59 Å². The van der Waals surface area contributed by atoms with Crippen LogP contribution in [0, 0.1) is 0 Å². The van der Waals surface area contributed by atoms with Gasteiger partial charge in [-0.3, -0.25) is 0 Å². The highest BCUT2D eigenvalue weighted by molar-refractivity contribution is 9.09. The summed E-state index contributed by atoms with van der Waals surface area (Å²) in [5.74, 6) is 0. The van der Waals surface area contributed by atoms with Gasteiger partial charge in [0.1, 0.15) is 0 Å². The van der Waals surface area contributed by atoms with Crippen LogP contribution in [0.15, 0.2) is 0 Å². The van der Waals surface area contributed by atoms with Crippen molar-refractivity contribution in [1.82, 2.24) is 15.7 Å². The first-order valence-electron chi connectivity index (χ1n) is 4.29. The Morgan fingerprint density at radius 3 is 1.69 bits per heavy atom. The normalized spacial score (nSPS) is 34.2. The first kappa shape index (κ1) is 12.9. The summed E-state index contributed by atoms with van der Waals surface area (Å²) in [6.45, 7) is 1.90. The quantitative estimate of drug-likeness (QED) is 0.536. The Bertz CT molecular complexity index is 338. The number of amides is 4. The molecule has 0 N–H and O–H groups in total. The molecular formula is C6H6Br4N4O2. The van der Waals surface area contributed by atoms with Crippen molar-refractivity contribution in [3.63, 3.8) is 0 Å². The van der Waals surface area contributed by atoms with Crippen molar-refractivity contribution >= 4 is 76.7 Å². The van der Waals surface area contributed by atoms with E-state index >= 15 is 0 Å². The molecule has 0 radical (unpaired) electrons. The van der Waals surface area contributed by atoms with Crippen LogP contribution in [0.25, 0.3) is 0 Å². The summed E-state index contributed by atoms with van der Waals surface area (Å²) < 4.78 is 5.35. The molecule has 2 saturated heterocycles. The van der Waals surface area contributed by atoms with Crippen LogP contribution < -0.4 is 0 Å². The number of urea groups is 2. The second-order valence-electron chi connectivity index (χ2n) is 3.35. The van der Waals surface area contributed by atoms with Gasteiger partial charge in [0.15, 0.2) is 11.8 Å². The Kier molecular flexibility index (Phi) is 3.22. The minimum Gasteiger partial charge on any atom is -0.246 e. The molecule has 0 spiro atoms. The zero-order valence-corrected chi connectivity index (χ0v) is 14.2. The third-order valence-electron chi connectivity index (χ3n) is 2.74. The van der Waals surface area contributed by atoms with Crippen LogP contribution in [0.1, 0.15) is 13.3 Å². The molecule has 16 heavy (non-hydrogen) atoms. The topological polar surface area (TPSA) is 47.1 Å². The Morgan fingerprint density at radius 1 is 1.06 bits per heavy atom. The standard InChI is InChI=1S/C6H6Br4N4O2/c1-2-6-3(11(7)4(15)13(6)9)12(8)5(16)14(6)10/h3H,2H2,1H3. The molecule has 0 atom stereocenters. The van der Waals surface area contributed by atoms with Crippen molar-refractivity contribution in [3.05, 3.63) is 0 Å². The van der Waals surface area contributed by atoms with E-state index in [0.29, 0.717) is 6.42 Å². The number of carbonyl (C=O) groups excluding carboxylic acids is 2. The molecule has 4 amide bonds. The number of carbonyl (C=O) groups is 2. The van der Waals surface area contributed by atoms with E-state index in [4.69, 9.17) is 0 Å². The molecule has 2 aliphatic heterocycles. The fraction of sp³-hybridized carbons (Fsp3) is 0.667. The highest BCUT2D eigenvalue weighted by Crippen LogP contribution is 2.50. The van der Waals surface area contributed by atoms with Gasteiger partial charge < -0.3 is 0 Å². The average molecular weight is 486 g/mol. The van der Waals surface area contributed by atoms with Crippen LogP contribution in [0.4, 0.5) is 9.59 Å². The van der Waals surface area contributed by atoms with Gasteiger partial charge in [-0.25, -0.2) is 25.3 Å². The van der Waals surface area contributed by atoms with Crippen LogP contribution >= 0.6 is 64.6 Å². The van der Waals surface area contributed by atoms with E-state index in [2.05, 4.69) is 64.6 Å². The molecule has 0 aromatic rings. The maximum absolute atomic E-state index is 11.8. The fourth-order valence-electron chi connectivity index (χ4n) is 1.90. The molecule has 2 fully saturated rings.